The molecule has 0 N–H and O–H groups in total. The van der Waals surface area contributed by atoms with Crippen molar-refractivity contribution in [1.82, 2.24) is 24.1 Å². The molecule has 0 unspecified atom stereocenters. The van der Waals surface area contributed by atoms with Gasteiger partial charge in [-0.3, -0.25) is 13.9 Å². The van der Waals surface area contributed by atoms with Crippen LogP contribution in [-0.2, 0) is 16.0 Å². The molecule has 176 valence electrons. The van der Waals surface area contributed by atoms with E-state index >= 15 is 0 Å². The molecule has 6 rings (SSSR count). The second-order valence-corrected chi connectivity index (χ2v) is 8.53. The lowest BCUT2D eigenvalue weighted by Crippen LogP contribution is -2.26. The van der Waals surface area contributed by atoms with Crippen molar-refractivity contribution in [3.8, 4) is 5.69 Å². The number of carbonyl (C=O) groups is 1. The summed E-state index contributed by atoms with van der Waals surface area (Å²) in [4.78, 5) is 40.4. The molecule has 2 aromatic carbocycles. The van der Waals surface area contributed by atoms with Crippen LogP contribution in [0.4, 0.5) is 0 Å². The van der Waals surface area contributed by atoms with Gasteiger partial charge in [0.2, 0.25) is 0 Å². The van der Waals surface area contributed by atoms with Gasteiger partial charge in [0.25, 0.3) is 5.56 Å². The van der Waals surface area contributed by atoms with Gasteiger partial charge in [-0.2, -0.15) is 0 Å². The predicted octanol–water partition coefficient (Wildman–Crippen LogP) is 3.64. The minimum absolute atomic E-state index is 0.00604. The van der Waals surface area contributed by atoms with Crippen LogP contribution < -0.4 is 5.56 Å². The number of para-hydroxylation sites is 2. The maximum Gasteiger partial charge on any atom is 0.338 e. The molecule has 9 heteroatoms. The van der Waals surface area contributed by atoms with E-state index in [-0.39, 0.29) is 18.3 Å². The van der Waals surface area contributed by atoms with E-state index < -0.39 is 5.97 Å². The molecule has 5 aromatic rings. The van der Waals surface area contributed by atoms with Crippen molar-refractivity contribution < 1.29 is 14.3 Å². The molecule has 4 heterocycles. The molecule has 1 saturated heterocycles. The second-order valence-electron chi connectivity index (χ2n) is 8.53. The zero-order chi connectivity index (χ0) is 23.9. The fourth-order valence-electron chi connectivity index (χ4n) is 4.64. The monoisotopic (exact) mass is 469 g/mol. The molecule has 0 radical (unpaired) electrons. The average molecular weight is 470 g/mol. The van der Waals surface area contributed by atoms with Gasteiger partial charge >= 0.3 is 5.97 Å². The summed E-state index contributed by atoms with van der Waals surface area (Å²) in [5, 5.41) is 0.389. The Labute approximate surface area is 200 Å². The molecule has 1 fully saturated rings. The molecule has 0 saturated carbocycles. The zero-order valence-corrected chi connectivity index (χ0v) is 19.2. The summed E-state index contributed by atoms with van der Waals surface area (Å²) in [5.41, 5.74) is 3.64. The maximum absolute atomic E-state index is 13.7. The Balaban J connectivity index is 1.63. The third kappa shape index (κ3) is 3.64. The fourth-order valence-corrected chi connectivity index (χ4v) is 4.64. The smallest absolute Gasteiger partial charge is 0.338 e. The Bertz CT molecular complexity index is 1650. The fraction of sp³-hybridized carbons (Fsp3) is 0.269. The second kappa shape index (κ2) is 8.59. The number of nitrogens with zero attached hydrogens (tertiary/aromatic N) is 5. The number of rotatable bonds is 5. The maximum atomic E-state index is 13.7. The van der Waals surface area contributed by atoms with Crippen molar-refractivity contribution in [3.05, 3.63) is 70.8 Å². The zero-order valence-electron chi connectivity index (χ0n) is 19.2. The van der Waals surface area contributed by atoms with Crippen molar-refractivity contribution in [2.75, 3.05) is 13.2 Å². The molecule has 1 atom stereocenters. The quantitative estimate of drug-likeness (QED) is 0.362. The summed E-state index contributed by atoms with van der Waals surface area (Å²) in [6, 6.07) is 14.6. The first-order chi connectivity index (χ1) is 17.1. The van der Waals surface area contributed by atoms with Gasteiger partial charge in [-0.25, -0.2) is 19.7 Å². The summed E-state index contributed by atoms with van der Waals surface area (Å²) in [6.45, 7) is 3.19. The van der Waals surface area contributed by atoms with Crippen LogP contribution >= 0.6 is 0 Å². The van der Waals surface area contributed by atoms with Crippen LogP contribution in [0, 0.1) is 0 Å². The Morgan fingerprint density at radius 3 is 2.71 bits per heavy atom. The SMILES string of the molecule is CCOC(=O)c1cccc(-n2c3nc4ccccc4nc3c3c(=O)n(C[C@H]4CCCO4)cnc32)c1. The minimum atomic E-state index is -0.418. The van der Waals surface area contributed by atoms with E-state index in [9.17, 15) is 9.59 Å². The highest BCUT2D eigenvalue weighted by Gasteiger charge is 2.23. The Hall–Kier alpha value is -4.11. The van der Waals surface area contributed by atoms with E-state index in [1.54, 1.807) is 40.6 Å². The summed E-state index contributed by atoms with van der Waals surface area (Å²) in [5.74, 6) is -0.418. The highest BCUT2D eigenvalue weighted by Crippen LogP contribution is 2.29. The van der Waals surface area contributed by atoms with Crippen LogP contribution in [0.2, 0.25) is 0 Å². The highest BCUT2D eigenvalue weighted by atomic mass is 16.5. The van der Waals surface area contributed by atoms with Gasteiger partial charge in [0.1, 0.15) is 17.2 Å². The first-order valence-electron chi connectivity index (χ1n) is 11.7. The standard InChI is InChI=1S/C26H23N5O4/c1-2-34-26(33)16-7-5-8-17(13-16)31-23-21(22-24(31)29-20-11-4-3-10-19(20)28-22)25(32)30(15-27-23)14-18-9-6-12-35-18/h3-5,7-8,10-11,13,15,18H,2,6,9,12,14H2,1H3/t18-/m1/s1. The van der Waals surface area contributed by atoms with Crippen LogP contribution in [0.15, 0.2) is 59.7 Å². The molecule has 35 heavy (non-hydrogen) atoms. The molecule has 0 spiro atoms. The third-order valence-electron chi connectivity index (χ3n) is 6.27. The first kappa shape index (κ1) is 21.4. The van der Waals surface area contributed by atoms with Crippen molar-refractivity contribution in [2.45, 2.75) is 32.4 Å². The van der Waals surface area contributed by atoms with Gasteiger partial charge < -0.3 is 9.47 Å². The number of benzene rings is 2. The number of hydrogen-bond donors (Lipinski definition) is 0. The van der Waals surface area contributed by atoms with Crippen LogP contribution in [0.25, 0.3) is 38.9 Å². The average Bonchev–Trinajstić information content (AvgIpc) is 3.50. The lowest BCUT2D eigenvalue weighted by atomic mass is 10.2. The molecular formula is C26H23N5O4. The van der Waals surface area contributed by atoms with E-state index in [1.807, 2.05) is 30.3 Å². The van der Waals surface area contributed by atoms with E-state index in [2.05, 4.69) is 4.98 Å². The van der Waals surface area contributed by atoms with E-state index in [4.69, 9.17) is 19.4 Å². The van der Waals surface area contributed by atoms with E-state index in [0.717, 1.165) is 12.8 Å². The number of ether oxygens (including phenoxy) is 2. The van der Waals surface area contributed by atoms with Crippen molar-refractivity contribution in [1.29, 1.82) is 0 Å². The Kier molecular flexibility index (Phi) is 5.26. The van der Waals surface area contributed by atoms with Gasteiger partial charge in [0, 0.05) is 6.61 Å². The van der Waals surface area contributed by atoms with Crippen LogP contribution in [0.3, 0.4) is 0 Å². The number of carbonyl (C=O) groups excluding carboxylic acids is 1. The highest BCUT2D eigenvalue weighted by molar-refractivity contribution is 6.06. The molecule has 0 aliphatic carbocycles. The van der Waals surface area contributed by atoms with Crippen molar-refractivity contribution >= 4 is 39.2 Å². The van der Waals surface area contributed by atoms with E-state index in [1.165, 1.54) is 0 Å². The molecule has 9 nitrogen and oxygen atoms in total. The topological polar surface area (TPSA) is 101 Å². The first-order valence-corrected chi connectivity index (χ1v) is 11.7. The van der Waals surface area contributed by atoms with Gasteiger partial charge in [-0.1, -0.05) is 18.2 Å². The minimum Gasteiger partial charge on any atom is -0.462 e. The van der Waals surface area contributed by atoms with Gasteiger partial charge in [-0.05, 0) is 50.1 Å². The van der Waals surface area contributed by atoms with Gasteiger partial charge in [0.15, 0.2) is 11.3 Å². The number of fused-ring (bicyclic) bond motifs is 4. The lowest BCUT2D eigenvalue weighted by molar-refractivity contribution is 0.0526. The van der Waals surface area contributed by atoms with Crippen LogP contribution in [0.1, 0.15) is 30.1 Å². The third-order valence-corrected chi connectivity index (χ3v) is 6.27. The van der Waals surface area contributed by atoms with Crippen molar-refractivity contribution in [2.24, 2.45) is 0 Å². The summed E-state index contributed by atoms with van der Waals surface area (Å²) in [6.07, 6.45) is 3.45. The number of aromatic nitrogens is 5. The van der Waals surface area contributed by atoms with Gasteiger partial charge in [-0.15, -0.1) is 0 Å². The van der Waals surface area contributed by atoms with Crippen LogP contribution in [-0.4, -0.2) is 49.4 Å². The molecule has 0 bridgehead atoms. The molecule has 0 amide bonds. The summed E-state index contributed by atoms with van der Waals surface area (Å²) >= 11 is 0. The van der Waals surface area contributed by atoms with E-state index in [0.29, 0.717) is 57.6 Å². The van der Waals surface area contributed by atoms with Gasteiger partial charge in [0.05, 0.1) is 41.5 Å². The van der Waals surface area contributed by atoms with Crippen LogP contribution in [0.5, 0.6) is 0 Å². The summed E-state index contributed by atoms with van der Waals surface area (Å²) < 4.78 is 14.3. The molecule has 1 aliphatic rings. The lowest BCUT2D eigenvalue weighted by Gasteiger charge is -2.12. The normalized spacial score (nSPS) is 15.9. The summed E-state index contributed by atoms with van der Waals surface area (Å²) in [7, 11) is 0. The largest absolute Gasteiger partial charge is 0.462 e. The Morgan fingerprint density at radius 1 is 1.11 bits per heavy atom. The Morgan fingerprint density at radius 2 is 1.94 bits per heavy atom. The molecule has 1 aliphatic heterocycles. The predicted molar refractivity (Wildman–Crippen MR) is 131 cm³/mol. The van der Waals surface area contributed by atoms with Crippen molar-refractivity contribution in [3.63, 3.8) is 0 Å². The molecular weight excluding hydrogens is 446 g/mol. The number of esters is 1. The number of hydrogen-bond acceptors (Lipinski definition) is 7. The molecule has 3 aromatic heterocycles.